The van der Waals surface area contributed by atoms with Crippen molar-refractivity contribution in [3.63, 3.8) is 0 Å². The molecule has 0 N–H and O–H groups in total. The van der Waals surface area contributed by atoms with Crippen molar-refractivity contribution in [2.24, 2.45) is 0 Å². The van der Waals surface area contributed by atoms with Gasteiger partial charge < -0.3 is 0 Å². The van der Waals surface area contributed by atoms with Gasteiger partial charge in [-0.1, -0.05) is 12.1 Å². The number of nitrogens with zero attached hydrogens (tertiary/aromatic N) is 3. The molecular weight excluding hydrogens is 182 g/mol. The van der Waals surface area contributed by atoms with Crippen molar-refractivity contribution in [3.05, 3.63) is 10.8 Å². The number of rotatable bonds is 2. The van der Waals surface area contributed by atoms with E-state index in [4.69, 9.17) is 11.0 Å². The Kier molecular flexibility index (Phi) is 0.596. The maximum atomic E-state index is 7.53. The van der Waals surface area contributed by atoms with Gasteiger partial charge in [0.1, 0.15) is 4.60 Å². The van der Waals surface area contributed by atoms with Crippen LogP contribution in [-0.4, -0.2) is 15.0 Å². The van der Waals surface area contributed by atoms with Crippen LogP contribution in [0.1, 0.15) is 24.2 Å². The maximum Gasteiger partial charge on any atom is 0.148 e. The van der Waals surface area contributed by atoms with Crippen molar-refractivity contribution < 1.29 is 11.0 Å². The van der Waals surface area contributed by atoms with Crippen molar-refractivity contribution in [2.45, 2.75) is 19.7 Å². The van der Waals surface area contributed by atoms with Crippen LogP contribution in [0, 0.1) is 0 Å². The van der Waals surface area contributed by atoms with Crippen molar-refractivity contribution >= 4 is 15.9 Å². The van der Waals surface area contributed by atoms with Gasteiger partial charge in [0.2, 0.25) is 0 Å². The average molecular weight is 198 g/mol. The zero-order valence-electron chi connectivity index (χ0n) is 12.2. The predicted molar refractivity (Wildman–Crippen MR) is 38.0 cm³/mol. The summed E-state index contributed by atoms with van der Waals surface area (Å²) in [6.45, 7) is -6.21. The summed E-state index contributed by atoms with van der Waals surface area (Å²) >= 11 is 2.81. The first-order valence-electron chi connectivity index (χ1n) is 6.01. The fourth-order valence-corrected chi connectivity index (χ4v) is 0.558. The Labute approximate surface area is 73.4 Å². The van der Waals surface area contributed by atoms with Crippen molar-refractivity contribution in [1.82, 2.24) is 15.0 Å². The van der Waals surface area contributed by atoms with Gasteiger partial charge in [-0.25, -0.2) is 0 Å². The van der Waals surface area contributed by atoms with Gasteiger partial charge in [0, 0.05) is 13.4 Å². The van der Waals surface area contributed by atoms with Crippen LogP contribution in [0.25, 0.3) is 0 Å². The monoisotopic (exact) mass is 197 g/mol. The molecule has 0 aliphatic carbocycles. The van der Waals surface area contributed by atoms with E-state index in [1.54, 1.807) is 0 Å². The van der Waals surface area contributed by atoms with Crippen molar-refractivity contribution in [2.75, 3.05) is 0 Å². The minimum absolute atomic E-state index is 0.0947. The van der Waals surface area contributed by atoms with E-state index < -0.39 is 25.9 Å². The molecule has 0 amide bonds. The number of hydrogen-bond acceptors (Lipinski definition) is 2. The summed E-state index contributed by atoms with van der Waals surface area (Å²) in [6.07, 6.45) is -3.74. The predicted octanol–water partition coefficient (Wildman–Crippen LogP) is 1.45. The van der Waals surface area contributed by atoms with E-state index in [0.717, 1.165) is 0 Å². The lowest BCUT2D eigenvalue weighted by molar-refractivity contribution is 0.579. The van der Waals surface area contributed by atoms with Gasteiger partial charge in [0.15, 0.2) is 0 Å². The summed E-state index contributed by atoms with van der Waals surface area (Å²) in [5, 5.41) is 6.56. The highest BCUT2D eigenvalue weighted by Gasteiger charge is 1.92. The Morgan fingerprint density at radius 2 is 3.11 bits per heavy atom. The van der Waals surface area contributed by atoms with Crippen molar-refractivity contribution in [1.29, 1.82) is 0 Å². The maximum absolute atomic E-state index is 7.53. The fourth-order valence-electron chi connectivity index (χ4n) is 0.319. The summed E-state index contributed by atoms with van der Waals surface area (Å²) in [7, 11) is 0. The number of aromatic nitrogens is 3. The van der Waals surface area contributed by atoms with Crippen LogP contribution in [0.15, 0.2) is 10.8 Å². The molecule has 0 atom stereocenters. The van der Waals surface area contributed by atoms with Gasteiger partial charge >= 0.3 is 0 Å². The van der Waals surface area contributed by atoms with E-state index in [0.29, 0.717) is 4.68 Å². The Morgan fingerprint density at radius 1 is 2.22 bits per heavy atom. The third-order valence-corrected chi connectivity index (χ3v) is 0.918. The normalized spacial score (nSPS) is 27.7. The number of halogens is 1. The second kappa shape index (κ2) is 2.96. The minimum Gasteiger partial charge on any atom is -0.251 e. The molecule has 0 saturated carbocycles. The second-order valence-electron chi connectivity index (χ2n) is 1.14. The van der Waals surface area contributed by atoms with E-state index in [2.05, 4.69) is 26.2 Å². The molecule has 0 radical (unpaired) electrons. The minimum atomic E-state index is -3.21. The van der Waals surface area contributed by atoms with Crippen molar-refractivity contribution in [3.8, 4) is 0 Å². The summed E-state index contributed by atoms with van der Waals surface area (Å²) in [4.78, 5) is 0. The van der Waals surface area contributed by atoms with E-state index in [9.17, 15) is 0 Å². The van der Waals surface area contributed by atoms with E-state index in [1.807, 2.05) is 0 Å². The smallest absolute Gasteiger partial charge is 0.148 e. The summed E-state index contributed by atoms with van der Waals surface area (Å²) in [5.74, 6) is 0. The highest BCUT2D eigenvalue weighted by molar-refractivity contribution is 9.10. The highest BCUT2D eigenvalue weighted by Crippen LogP contribution is 2.01. The lowest BCUT2D eigenvalue weighted by Gasteiger charge is -1.91. The molecule has 4 heteroatoms. The van der Waals surface area contributed by atoms with Crippen LogP contribution in [-0.2, 0) is 6.50 Å². The van der Waals surface area contributed by atoms with Gasteiger partial charge in [-0.15, -0.1) is 5.10 Å². The topological polar surface area (TPSA) is 30.7 Å². The molecule has 0 aromatic carbocycles. The molecule has 0 fully saturated rings. The van der Waals surface area contributed by atoms with Gasteiger partial charge in [-0.2, -0.15) is 0 Å². The Balaban J connectivity index is 3.33. The first kappa shape index (κ1) is 1.81. The van der Waals surface area contributed by atoms with Crippen LogP contribution in [0.4, 0.5) is 0 Å². The van der Waals surface area contributed by atoms with Gasteiger partial charge in [0.25, 0.3) is 0 Å². The molecule has 0 unspecified atom stereocenters. The Morgan fingerprint density at radius 3 is 3.67 bits per heavy atom. The average Bonchev–Trinajstić information content (AvgIpc) is 2.45. The molecule has 1 aromatic heterocycles. The second-order valence-corrected chi connectivity index (χ2v) is 1.89. The Bertz CT molecular complexity index is 423. The van der Waals surface area contributed by atoms with Crippen LogP contribution in [0.2, 0.25) is 0 Å². The first-order chi connectivity index (χ1) is 7.43. The third-order valence-electron chi connectivity index (χ3n) is 0.582. The standard InChI is InChI=1S/C5H8BrN3/c1-2-3-9-4-5(6)7-8-9/h4H,2-3H2,1H3/i1D3,2D2,3D2,4D. The van der Waals surface area contributed by atoms with Crippen LogP contribution in [0.3, 0.4) is 0 Å². The lowest BCUT2D eigenvalue weighted by Crippen LogP contribution is -1.96. The number of aryl methyl sites for hydroxylation is 1. The van der Waals surface area contributed by atoms with E-state index >= 15 is 0 Å². The molecule has 0 saturated heterocycles. The number of hydrogen-bond donors (Lipinski definition) is 0. The lowest BCUT2D eigenvalue weighted by atomic mass is 10.5. The highest BCUT2D eigenvalue weighted by atomic mass is 79.9. The molecule has 1 aromatic rings. The van der Waals surface area contributed by atoms with Crippen LogP contribution < -0.4 is 0 Å². The largest absolute Gasteiger partial charge is 0.251 e. The Hall–Kier alpha value is -0.380. The summed E-state index contributed by atoms with van der Waals surface area (Å²) in [5.41, 5.74) is 0. The van der Waals surface area contributed by atoms with Gasteiger partial charge in [-0.3, -0.25) is 4.68 Å². The molecule has 1 rings (SSSR count). The SMILES string of the molecule is [2H]c1c(Br)nnn1C([2H])([2H])C([2H])([2H])C([2H])([2H])[2H]. The van der Waals surface area contributed by atoms with Crippen LogP contribution >= 0.6 is 15.9 Å². The van der Waals surface area contributed by atoms with E-state index in [1.165, 1.54) is 0 Å². The molecule has 1 heterocycles. The molecule has 3 nitrogen and oxygen atoms in total. The molecule has 50 valence electrons. The molecular formula is C5H8BrN3. The quantitative estimate of drug-likeness (QED) is 0.720. The zero-order valence-corrected chi connectivity index (χ0v) is 5.81. The van der Waals surface area contributed by atoms with Crippen LogP contribution in [0.5, 0.6) is 0 Å². The first-order valence-corrected chi connectivity index (χ1v) is 2.80. The van der Waals surface area contributed by atoms with Gasteiger partial charge in [0.05, 0.1) is 10.3 Å². The molecule has 0 aliphatic rings. The fraction of sp³-hybridized carbons (Fsp3) is 0.600. The molecule has 9 heavy (non-hydrogen) atoms. The van der Waals surface area contributed by atoms with E-state index in [-0.39, 0.29) is 4.60 Å². The summed E-state index contributed by atoms with van der Waals surface area (Å²) < 4.78 is 58.4. The molecule has 0 aliphatic heterocycles. The zero-order chi connectivity index (χ0) is 13.6. The molecule has 0 spiro atoms. The summed E-state index contributed by atoms with van der Waals surface area (Å²) in [6, 6.07) is 0. The molecule has 0 bridgehead atoms. The third kappa shape index (κ3) is 1.78. The van der Waals surface area contributed by atoms with Gasteiger partial charge in [-0.05, 0) is 22.3 Å².